The fourth-order valence-corrected chi connectivity index (χ4v) is 5.17. The summed E-state index contributed by atoms with van der Waals surface area (Å²) in [6.45, 7) is 3.07. The highest BCUT2D eigenvalue weighted by molar-refractivity contribution is 9.10. The van der Waals surface area contributed by atoms with E-state index in [-0.39, 0.29) is 18.8 Å². The Hall–Kier alpha value is -3.03. The average Bonchev–Trinajstić information content (AvgIpc) is 3.37. The first kappa shape index (κ1) is 21.2. The molecule has 0 radical (unpaired) electrons. The molecule has 2 aliphatic heterocycles. The SMILES string of the molecule is CCOC(=O)N1CCc2c(sc(NC(=O)/C=C/c3ccc4c(c3Br)OCO4)c2C#N)C1. The summed E-state index contributed by atoms with van der Waals surface area (Å²) in [5.41, 5.74) is 2.09. The van der Waals surface area contributed by atoms with Crippen molar-refractivity contribution in [2.24, 2.45) is 0 Å². The van der Waals surface area contributed by atoms with Crippen LogP contribution in [0.2, 0.25) is 0 Å². The maximum atomic E-state index is 12.5. The van der Waals surface area contributed by atoms with Gasteiger partial charge in [0.05, 0.1) is 23.2 Å². The molecule has 1 aromatic heterocycles. The summed E-state index contributed by atoms with van der Waals surface area (Å²) in [5, 5.41) is 12.9. The Morgan fingerprint density at radius 3 is 3.03 bits per heavy atom. The quantitative estimate of drug-likeness (QED) is 0.624. The van der Waals surface area contributed by atoms with E-state index in [0.29, 0.717) is 52.7 Å². The predicted octanol–water partition coefficient (Wildman–Crippen LogP) is 4.28. The van der Waals surface area contributed by atoms with Crippen LogP contribution in [-0.4, -0.2) is 36.8 Å². The number of nitriles is 1. The number of thiophene rings is 1. The summed E-state index contributed by atoms with van der Waals surface area (Å²) >= 11 is 4.78. The van der Waals surface area contributed by atoms with Crippen LogP contribution in [0.15, 0.2) is 22.7 Å². The van der Waals surface area contributed by atoms with E-state index in [4.69, 9.17) is 14.2 Å². The van der Waals surface area contributed by atoms with Gasteiger partial charge in [-0.25, -0.2) is 4.79 Å². The van der Waals surface area contributed by atoms with E-state index in [2.05, 4.69) is 27.3 Å². The summed E-state index contributed by atoms with van der Waals surface area (Å²) < 4.78 is 16.5. The van der Waals surface area contributed by atoms with Crippen molar-refractivity contribution in [2.45, 2.75) is 19.9 Å². The molecule has 0 saturated carbocycles. The third-order valence-corrected chi connectivity index (χ3v) is 6.80. The van der Waals surface area contributed by atoms with Gasteiger partial charge in [-0.15, -0.1) is 11.3 Å². The summed E-state index contributed by atoms with van der Waals surface area (Å²) in [6.07, 6.45) is 3.22. The fraction of sp³-hybridized carbons (Fsp3) is 0.286. The molecule has 0 fully saturated rings. The zero-order chi connectivity index (χ0) is 22.0. The number of carbonyl (C=O) groups is 2. The first-order valence-electron chi connectivity index (χ1n) is 9.55. The third kappa shape index (κ3) is 4.24. The number of nitrogens with one attached hydrogen (secondary N) is 1. The lowest BCUT2D eigenvalue weighted by Gasteiger charge is -2.25. The first-order valence-corrected chi connectivity index (χ1v) is 11.2. The van der Waals surface area contributed by atoms with Crippen LogP contribution in [0.3, 0.4) is 0 Å². The molecule has 4 rings (SSSR count). The van der Waals surface area contributed by atoms with E-state index in [0.717, 1.165) is 16.0 Å². The van der Waals surface area contributed by atoms with Crippen molar-refractivity contribution < 1.29 is 23.8 Å². The topological polar surface area (TPSA) is 101 Å². The maximum Gasteiger partial charge on any atom is 0.410 e. The zero-order valence-electron chi connectivity index (χ0n) is 16.6. The number of nitrogens with zero attached hydrogens (tertiary/aromatic N) is 2. The van der Waals surface area contributed by atoms with Crippen molar-refractivity contribution in [1.29, 1.82) is 5.26 Å². The summed E-state index contributed by atoms with van der Waals surface area (Å²) in [7, 11) is 0. The van der Waals surface area contributed by atoms with E-state index in [1.54, 1.807) is 24.0 Å². The minimum atomic E-state index is -0.372. The number of halogens is 1. The van der Waals surface area contributed by atoms with Crippen molar-refractivity contribution in [3.63, 3.8) is 0 Å². The molecule has 0 bridgehead atoms. The van der Waals surface area contributed by atoms with Crippen LogP contribution in [0.4, 0.5) is 9.80 Å². The Balaban J connectivity index is 1.49. The Bertz CT molecular complexity index is 1120. The van der Waals surface area contributed by atoms with Gasteiger partial charge in [0.2, 0.25) is 12.7 Å². The Morgan fingerprint density at radius 2 is 2.26 bits per heavy atom. The Labute approximate surface area is 191 Å². The molecule has 160 valence electrons. The van der Waals surface area contributed by atoms with Gasteiger partial charge < -0.3 is 24.4 Å². The number of fused-ring (bicyclic) bond motifs is 2. The number of carbonyl (C=O) groups excluding carboxylic acids is 2. The zero-order valence-corrected chi connectivity index (χ0v) is 19.0. The van der Waals surface area contributed by atoms with Gasteiger partial charge in [-0.05, 0) is 58.6 Å². The lowest BCUT2D eigenvalue weighted by atomic mass is 10.0. The van der Waals surface area contributed by atoms with Gasteiger partial charge in [0.25, 0.3) is 0 Å². The average molecular weight is 504 g/mol. The van der Waals surface area contributed by atoms with E-state index in [1.807, 2.05) is 6.07 Å². The summed E-state index contributed by atoms with van der Waals surface area (Å²) in [5.74, 6) is 0.890. The molecule has 0 atom stereocenters. The second kappa shape index (κ2) is 8.99. The number of anilines is 1. The van der Waals surface area contributed by atoms with Crippen LogP contribution >= 0.6 is 27.3 Å². The molecule has 10 heteroatoms. The fourth-order valence-electron chi connectivity index (χ4n) is 3.38. The highest BCUT2D eigenvalue weighted by atomic mass is 79.9. The highest BCUT2D eigenvalue weighted by Crippen LogP contribution is 2.41. The van der Waals surface area contributed by atoms with E-state index < -0.39 is 0 Å². The van der Waals surface area contributed by atoms with Crippen molar-refractivity contribution in [3.8, 4) is 17.6 Å². The molecule has 0 saturated heterocycles. The molecule has 2 aromatic rings. The van der Waals surface area contributed by atoms with E-state index in [9.17, 15) is 14.9 Å². The second-order valence-corrected chi connectivity index (χ2v) is 8.61. The number of hydrogen-bond donors (Lipinski definition) is 1. The number of amides is 2. The predicted molar refractivity (Wildman–Crippen MR) is 118 cm³/mol. The molecule has 2 aliphatic rings. The van der Waals surface area contributed by atoms with Gasteiger partial charge in [-0.3, -0.25) is 4.79 Å². The third-order valence-electron chi connectivity index (χ3n) is 4.85. The number of ether oxygens (including phenoxy) is 3. The molecule has 8 nitrogen and oxygen atoms in total. The molecule has 0 aliphatic carbocycles. The molecular weight excluding hydrogens is 486 g/mol. The van der Waals surface area contributed by atoms with Gasteiger partial charge in [0, 0.05) is 17.5 Å². The summed E-state index contributed by atoms with van der Waals surface area (Å²) in [6, 6.07) is 5.78. The minimum absolute atomic E-state index is 0.162. The molecule has 1 N–H and O–H groups in total. The van der Waals surface area contributed by atoms with Crippen LogP contribution in [-0.2, 0) is 22.5 Å². The van der Waals surface area contributed by atoms with Gasteiger partial charge in [0.15, 0.2) is 11.5 Å². The molecule has 31 heavy (non-hydrogen) atoms. The maximum absolute atomic E-state index is 12.5. The molecule has 2 amide bonds. The standard InChI is InChI=1S/C21H18BrN3O5S/c1-2-28-21(27)25-8-7-13-14(9-23)20(31-16(13)10-25)24-17(26)6-4-12-3-5-15-19(18(12)22)30-11-29-15/h3-6H,2,7-8,10-11H2,1H3,(H,24,26)/b6-4+. The lowest BCUT2D eigenvalue weighted by Crippen LogP contribution is -2.35. The van der Waals surface area contributed by atoms with Crippen LogP contribution in [0.1, 0.15) is 28.5 Å². The monoisotopic (exact) mass is 503 g/mol. The smallest absolute Gasteiger partial charge is 0.410 e. The summed E-state index contributed by atoms with van der Waals surface area (Å²) in [4.78, 5) is 27.0. The normalized spacial score (nSPS) is 14.3. The number of rotatable bonds is 4. The molecule has 3 heterocycles. The van der Waals surface area contributed by atoms with Gasteiger partial charge >= 0.3 is 6.09 Å². The van der Waals surface area contributed by atoms with Gasteiger partial charge in [-0.2, -0.15) is 5.26 Å². The molecule has 1 aromatic carbocycles. The lowest BCUT2D eigenvalue weighted by molar-refractivity contribution is -0.111. The largest absolute Gasteiger partial charge is 0.454 e. The van der Waals surface area contributed by atoms with E-state index >= 15 is 0 Å². The van der Waals surface area contributed by atoms with Crippen LogP contribution in [0.25, 0.3) is 6.08 Å². The van der Waals surface area contributed by atoms with Crippen molar-refractivity contribution in [3.05, 3.63) is 44.2 Å². The van der Waals surface area contributed by atoms with Crippen molar-refractivity contribution >= 4 is 50.3 Å². The van der Waals surface area contributed by atoms with Crippen LogP contribution < -0.4 is 14.8 Å². The Morgan fingerprint density at radius 1 is 1.42 bits per heavy atom. The second-order valence-electron chi connectivity index (χ2n) is 6.72. The minimum Gasteiger partial charge on any atom is -0.454 e. The number of hydrogen-bond acceptors (Lipinski definition) is 7. The van der Waals surface area contributed by atoms with Crippen LogP contribution in [0.5, 0.6) is 11.5 Å². The van der Waals surface area contributed by atoms with Gasteiger partial charge in [0.1, 0.15) is 11.1 Å². The van der Waals surface area contributed by atoms with Crippen molar-refractivity contribution in [1.82, 2.24) is 4.90 Å². The van der Waals surface area contributed by atoms with Crippen LogP contribution in [0, 0.1) is 11.3 Å². The first-order chi connectivity index (χ1) is 15.0. The Kier molecular flexibility index (Phi) is 6.15. The molecule has 0 spiro atoms. The molecule has 0 unspecified atom stereocenters. The molecular formula is C21H18BrN3O5S. The highest BCUT2D eigenvalue weighted by Gasteiger charge is 2.28. The van der Waals surface area contributed by atoms with Crippen molar-refractivity contribution in [2.75, 3.05) is 25.3 Å². The van der Waals surface area contributed by atoms with E-state index in [1.165, 1.54) is 17.4 Å². The number of benzene rings is 1. The van der Waals surface area contributed by atoms with Gasteiger partial charge in [-0.1, -0.05) is 0 Å².